The number of nitrogens with one attached hydrogen (secondary N) is 2. The molecule has 2 heterocycles. The van der Waals surface area contributed by atoms with Crippen LogP contribution in [0.2, 0.25) is 0 Å². The van der Waals surface area contributed by atoms with Gasteiger partial charge in [0.1, 0.15) is 4.21 Å². The van der Waals surface area contributed by atoms with Gasteiger partial charge in [0.25, 0.3) is 0 Å². The minimum atomic E-state index is -3.56. The van der Waals surface area contributed by atoms with Gasteiger partial charge in [-0.25, -0.2) is 17.9 Å². The topological polar surface area (TPSA) is 116 Å². The lowest BCUT2D eigenvalue weighted by atomic mass is 9.99. The summed E-state index contributed by atoms with van der Waals surface area (Å²) in [5.74, 6) is -1.43. The van der Waals surface area contributed by atoms with Crippen LogP contribution in [0.25, 0.3) is 0 Å². The molecule has 0 radical (unpaired) electrons. The van der Waals surface area contributed by atoms with E-state index in [-0.39, 0.29) is 29.9 Å². The fraction of sp³-hybridized carbons (Fsp3) is 0.571. The maximum absolute atomic E-state index is 12.0. The minimum Gasteiger partial charge on any atom is -0.481 e. The van der Waals surface area contributed by atoms with Gasteiger partial charge in [-0.2, -0.15) is 0 Å². The van der Waals surface area contributed by atoms with Crippen LogP contribution in [0.3, 0.4) is 0 Å². The molecule has 1 aromatic rings. The largest absolute Gasteiger partial charge is 0.481 e. The summed E-state index contributed by atoms with van der Waals surface area (Å²) in [7, 11) is -3.56. The van der Waals surface area contributed by atoms with Gasteiger partial charge in [-0.05, 0) is 31.9 Å². The van der Waals surface area contributed by atoms with Crippen molar-refractivity contribution in [2.24, 2.45) is 5.92 Å². The van der Waals surface area contributed by atoms with Crippen LogP contribution >= 0.6 is 11.3 Å². The van der Waals surface area contributed by atoms with Crippen LogP contribution in [0.5, 0.6) is 0 Å². The Morgan fingerprint density at radius 2 is 2.12 bits per heavy atom. The van der Waals surface area contributed by atoms with E-state index in [1.54, 1.807) is 12.1 Å². The van der Waals surface area contributed by atoms with Gasteiger partial charge in [0, 0.05) is 31.1 Å². The molecule has 2 amide bonds. The number of carbonyl (C=O) groups excluding carboxylic acids is 1. The Kier molecular flexibility index (Phi) is 6.19. The van der Waals surface area contributed by atoms with E-state index >= 15 is 0 Å². The molecule has 10 heteroatoms. The van der Waals surface area contributed by atoms with Crippen LogP contribution in [-0.2, 0) is 14.8 Å². The predicted molar refractivity (Wildman–Crippen MR) is 89.6 cm³/mol. The van der Waals surface area contributed by atoms with Gasteiger partial charge < -0.3 is 15.3 Å². The van der Waals surface area contributed by atoms with Gasteiger partial charge in [0.2, 0.25) is 10.0 Å². The number of carboxylic acids is 1. The summed E-state index contributed by atoms with van der Waals surface area (Å²) in [6, 6.07) is 2.91. The molecule has 2 rings (SSSR count). The number of aliphatic carboxylic acids is 1. The van der Waals surface area contributed by atoms with Crippen molar-refractivity contribution < 1.29 is 23.1 Å². The highest BCUT2D eigenvalue weighted by Crippen LogP contribution is 2.20. The van der Waals surface area contributed by atoms with Crippen molar-refractivity contribution in [3.8, 4) is 0 Å². The lowest BCUT2D eigenvalue weighted by Gasteiger charge is -2.30. The van der Waals surface area contributed by atoms with Gasteiger partial charge in [0.15, 0.2) is 0 Å². The lowest BCUT2D eigenvalue weighted by Crippen LogP contribution is -2.48. The van der Waals surface area contributed by atoms with Crippen LogP contribution < -0.4 is 10.0 Å². The van der Waals surface area contributed by atoms with Gasteiger partial charge >= 0.3 is 12.0 Å². The first-order valence-corrected chi connectivity index (χ1v) is 9.91. The van der Waals surface area contributed by atoms with Gasteiger partial charge in [0.05, 0.1) is 5.92 Å². The monoisotopic (exact) mass is 375 g/mol. The van der Waals surface area contributed by atoms with Crippen molar-refractivity contribution in [3.05, 3.63) is 17.0 Å². The third-order valence-corrected chi connectivity index (χ3v) is 6.69. The zero-order valence-electron chi connectivity index (χ0n) is 13.3. The molecule has 1 fully saturated rings. The molecule has 1 aromatic heterocycles. The molecule has 0 aromatic carbocycles. The number of thiophene rings is 1. The third-order valence-electron chi connectivity index (χ3n) is 3.73. The van der Waals surface area contributed by atoms with Crippen molar-refractivity contribution in [2.75, 3.05) is 26.2 Å². The van der Waals surface area contributed by atoms with E-state index in [2.05, 4.69) is 10.0 Å². The van der Waals surface area contributed by atoms with E-state index in [0.29, 0.717) is 19.4 Å². The number of nitrogens with zero attached hydrogens (tertiary/aromatic N) is 1. The highest BCUT2D eigenvalue weighted by Gasteiger charge is 2.27. The molecular weight excluding hydrogens is 354 g/mol. The second-order valence-corrected chi connectivity index (χ2v) is 8.90. The molecule has 3 N–H and O–H groups in total. The zero-order chi connectivity index (χ0) is 17.7. The molecule has 0 saturated carbocycles. The normalized spacial score (nSPS) is 18.4. The Hall–Kier alpha value is -1.65. The second-order valence-electron chi connectivity index (χ2n) is 5.62. The molecule has 1 saturated heterocycles. The smallest absolute Gasteiger partial charge is 0.317 e. The standard InChI is InChI=1S/C14H21N3O5S2/c1-10-4-5-12(23-10)24(21,22)16-7-6-15-14(20)17-8-2-3-11(9-17)13(18)19/h4-5,11,16H,2-3,6-9H2,1H3,(H,15,20)(H,18,19). The first kappa shape index (κ1) is 18.7. The summed E-state index contributed by atoms with van der Waals surface area (Å²) in [4.78, 5) is 25.4. The molecule has 24 heavy (non-hydrogen) atoms. The van der Waals surface area contributed by atoms with E-state index in [4.69, 9.17) is 5.11 Å². The van der Waals surface area contributed by atoms with Crippen molar-refractivity contribution in [2.45, 2.75) is 24.0 Å². The maximum Gasteiger partial charge on any atom is 0.317 e. The molecule has 8 nitrogen and oxygen atoms in total. The Balaban J connectivity index is 1.75. The van der Waals surface area contributed by atoms with Crippen LogP contribution in [0.15, 0.2) is 16.3 Å². The average Bonchev–Trinajstić information content (AvgIpc) is 2.99. The summed E-state index contributed by atoms with van der Waals surface area (Å²) >= 11 is 1.18. The number of rotatable bonds is 6. The first-order chi connectivity index (χ1) is 11.3. The van der Waals surface area contributed by atoms with Crippen molar-refractivity contribution in [3.63, 3.8) is 0 Å². The SMILES string of the molecule is Cc1ccc(S(=O)(=O)NCCNC(=O)N2CCCC(C(=O)O)C2)s1. The number of piperidine rings is 1. The number of hydrogen-bond acceptors (Lipinski definition) is 5. The number of carbonyl (C=O) groups is 2. The van der Waals surface area contributed by atoms with E-state index in [1.807, 2.05) is 6.92 Å². The Labute approximate surface area is 144 Å². The predicted octanol–water partition coefficient (Wildman–Crippen LogP) is 0.841. The number of carboxylic acid groups (broad SMARTS) is 1. The van der Waals surface area contributed by atoms with Gasteiger partial charge in [-0.3, -0.25) is 4.79 Å². The lowest BCUT2D eigenvalue weighted by molar-refractivity contribution is -0.143. The average molecular weight is 375 g/mol. The third kappa shape index (κ3) is 4.92. The van der Waals surface area contributed by atoms with Crippen molar-refractivity contribution >= 4 is 33.4 Å². The molecule has 1 unspecified atom stereocenters. The van der Waals surface area contributed by atoms with Crippen LogP contribution in [0.4, 0.5) is 4.79 Å². The number of hydrogen-bond donors (Lipinski definition) is 3. The molecule has 1 atom stereocenters. The summed E-state index contributed by atoms with van der Waals surface area (Å²) < 4.78 is 26.7. The van der Waals surface area contributed by atoms with E-state index in [1.165, 1.54) is 16.2 Å². The molecular formula is C14H21N3O5S2. The van der Waals surface area contributed by atoms with Crippen LogP contribution in [0, 0.1) is 12.8 Å². The number of urea groups is 1. The molecule has 0 bridgehead atoms. The number of sulfonamides is 1. The summed E-state index contributed by atoms with van der Waals surface area (Å²) in [6.45, 7) is 2.72. The highest BCUT2D eigenvalue weighted by atomic mass is 32.2. The minimum absolute atomic E-state index is 0.0707. The zero-order valence-corrected chi connectivity index (χ0v) is 15.0. The maximum atomic E-state index is 12.0. The number of likely N-dealkylation sites (tertiary alicyclic amines) is 1. The number of aryl methyl sites for hydroxylation is 1. The molecule has 134 valence electrons. The van der Waals surface area contributed by atoms with E-state index < -0.39 is 21.9 Å². The fourth-order valence-electron chi connectivity index (χ4n) is 2.46. The summed E-state index contributed by atoms with van der Waals surface area (Å²) in [5, 5.41) is 11.6. The Morgan fingerprint density at radius 3 is 2.75 bits per heavy atom. The fourth-order valence-corrected chi connectivity index (χ4v) is 4.82. The molecule has 1 aliphatic rings. The first-order valence-electron chi connectivity index (χ1n) is 7.61. The van der Waals surface area contributed by atoms with Gasteiger partial charge in [-0.1, -0.05) is 0 Å². The molecule has 0 aliphatic carbocycles. The van der Waals surface area contributed by atoms with Gasteiger partial charge in [-0.15, -0.1) is 11.3 Å². The van der Waals surface area contributed by atoms with Crippen LogP contribution in [0.1, 0.15) is 17.7 Å². The molecule has 1 aliphatic heterocycles. The second kappa shape index (κ2) is 7.95. The molecule has 0 spiro atoms. The Morgan fingerprint density at radius 1 is 1.38 bits per heavy atom. The van der Waals surface area contributed by atoms with E-state index in [9.17, 15) is 18.0 Å². The summed E-state index contributed by atoms with van der Waals surface area (Å²) in [6.07, 6.45) is 1.22. The highest BCUT2D eigenvalue weighted by molar-refractivity contribution is 7.91. The quantitative estimate of drug-likeness (QED) is 0.637. The van der Waals surface area contributed by atoms with Crippen molar-refractivity contribution in [1.82, 2.24) is 14.9 Å². The van der Waals surface area contributed by atoms with E-state index in [0.717, 1.165) is 4.88 Å². The number of amides is 2. The van der Waals surface area contributed by atoms with Crippen molar-refractivity contribution in [1.29, 1.82) is 0 Å². The Bertz CT molecular complexity index is 701. The van der Waals surface area contributed by atoms with Crippen LogP contribution in [-0.4, -0.2) is 56.6 Å². The summed E-state index contributed by atoms with van der Waals surface area (Å²) in [5.41, 5.74) is 0.